The summed E-state index contributed by atoms with van der Waals surface area (Å²) in [6.45, 7) is 10.2. The van der Waals surface area contributed by atoms with Crippen LogP contribution in [0, 0.1) is 13.8 Å². The van der Waals surface area contributed by atoms with Gasteiger partial charge in [-0.25, -0.2) is 0 Å². The maximum atomic E-state index is 13.5. The summed E-state index contributed by atoms with van der Waals surface area (Å²) in [5, 5.41) is 3.26. The first-order valence-electron chi connectivity index (χ1n) is 11.5. The number of carbonyl (C=O) groups is 1. The van der Waals surface area contributed by atoms with E-state index in [0.29, 0.717) is 0 Å². The van der Waals surface area contributed by atoms with Gasteiger partial charge in [-0.1, -0.05) is 48.5 Å². The third-order valence-corrected chi connectivity index (χ3v) is 6.29. The number of hydrogen-bond donors (Lipinski definition) is 1. The van der Waals surface area contributed by atoms with E-state index < -0.39 is 0 Å². The van der Waals surface area contributed by atoms with Crippen molar-refractivity contribution in [1.29, 1.82) is 0 Å². The molecule has 31 heavy (non-hydrogen) atoms. The molecule has 2 aromatic rings. The van der Waals surface area contributed by atoms with Gasteiger partial charge in [0.15, 0.2) is 0 Å². The van der Waals surface area contributed by atoms with E-state index in [4.69, 9.17) is 0 Å². The molecule has 0 aliphatic carbocycles. The molecule has 0 bridgehead atoms. The van der Waals surface area contributed by atoms with Gasteiger partial charge in [0.2, 0.25) is 5.91 Å². The number of aryl methyl sites for hydroxylation is 3. The molecule has 1 N–H and O–H groups in total. The molecular weight excluding hydrogens is 384 g/mol. The summed E-state index contributed by atoms with van der Waals surface area (Å²) in [5.74, 6) is 0.120. The van der Waals surface area contributed by atoms with Gasteiger partial charge < -0.3 is 10.2 Å². The Kier molecular flexibility index (Phi) is 8.64. The van der Waals surface area contributed by atoms with Gasteiger partial charge in [0.1, 0.15) is 0 Å². The van der Waals surface area contributed by atoms with Crippen LogP contribution in [0.4, 0.5) is 5.69 Å². The fourth-order valence-electron chi connectivity index (χ4n) is 4.29. The summed E-state index contributed by atoms with van der Waals surface area (Å²) in [4.78, 5) is 20.6. The molecule has 1 aliphatic rings. The second-order valence-corrected chi connectivity index (χ2v) is 8.98. The number of piperazine rings is 1. The normalized spacial score (nSPS) is 16.4. The Bertz CT molecular complexity index is 808. The van der Waals surface area contributed by atoms with E-state index in [1.165, 1.54) is 5.56 Å². The number of hydrogen-bond acceptors (Lipinski definition) is 4. The SMILES string of the molecule is Cc1cccc(C)c1NC(=O)C(CCc1ccccc1)N1CCN(CCN(C)C)CC1. The third kappa shape index (κ3) is 6.89. The van der Waals surface area contributed by atoms with Gasteiger partial charge in [0, 0.05) is 45.0 Å². The van der Waals surface area contributed by atoms with E-state index in [9.17, 15) is 4.79 Å². The maximum absolute atomic E-state index is 13.5. The van der Waals surface area contributed by atoms with Crippen LogP contribution in [0.2, 0.25) is 0 Å². The average molecular weight is 423 g/mol. The molecule has 0 spiro atoms. The topological polar surface area (TPSA) is 38.8 Å². The number of amides is 1. The van der Waals surface area contributed by atoms with E-state index in [1.54, 1.807) is 0 Å². The Morgan fingerprint density at radius 1 is 0.968 bits per heavy atom. The lowest BCUT2D eigenvalue weighted by atomic mass is 10.0. The monoisotopic (exact) mass is 422 g/mol. The van der Waals surface area contributed by atoms with Crippen LogP contribution >= 0.6 is 0 Å². The molecule has 2 aromatic carbocycles. The molecule has 1 amide bonds. The number of benzene rings is 2. The van der Waals surface area contributed by atoms with Crippen LogP contribution in [0.3, 0.4) is 0 Å². The number of rotatable bonds is 9. The molecule has 0 aromatic heterocycles. The standard InChI is InChI=1S/C26H38N4O/c1-21-9-8-10-22(2)25(21)27-26(31)24(14-13-23-11-6-5-7-12-23)30-19-17-29(18-20-30)16-15-28(3)4/h5-12,24H,13-20H2,1-4H3,(H,27,31). The van der Waals surface area contributed by atoms with Gasteiger partial charge in [-0.2, -0.15) is 0 Å². The Morgan fingerprint density at radius 3 is 2.23 bits per heavy atom. The Balaban J connectivity index is 1.68. The molecule has 5 heteroatoms. The van der Waals surface area contributed by atoms with Crippen molar-refractivity contribution in [3.8, 4) is 0 Å². The molecule has 1 fully saturated rings. The van der Waals surface area contributed by atoms with Gasteiger partial charge in [-0.05, 0) is 57.5 Å². The second kappa shape index (κ2) is 11.4. The average Bonchev–Trinajstić information content (AvgIpc) is 2.76. The Labute approximate surface area is 188 Å². The molecule has 1 unspecified atom stereocenters. The largest absolute Gasteiger partial charge is 0.324 e. The van der Waals surface area contributed by atoms with Crippen molar-refractivity contribution in [1.82, 2.24) is 14.7 Å². The smallest absolute Gasteiger partial charge is 0.241 e. The van der Waals surface area contributed by atoms with E-state index in [-0.39, 0.29) is 11.9 Å². The molecule has 1 aliphatic heterocycles. The summed E-state index contributed by atoms with van der Waals surface area (Å²) < 4.78 is 0. The highest BCUT2D eigenvalue weighted by atomic mass is 16.2. The first-order chi connectivity index (χ1) is 14.9. The molecule has 1 atom stereocenters. The Hall–Kier alpha value is -2.21. The molecular formula is C26H38N4O. The van der Waals surface area contributed by atoms with Crippen LogP contribution in [-0.2, 0) is 11.2 Å². The third-order valence-electron chi connectivity index (χ3n) is 6.29. The molecule has 0 saturated carbocycles. The van der Waals surface area contributed by atoms with E-state index in [2.05, 4.69) is 84.4 Å². The molecule has 0 radical (unpaired) electrons. The molecule has 168 valence electrons. The van der Waals surface area contributed by atoms with Gasteiger partial charge in [0.05, 0.1) is 6.04 Å². The van der Waals surface area contributed by atoms with Crippen LogP contribution in [0.15, 0.2) is 48.5 Å². The Morgan fingerprint density at radius 2 is 1.61 bits per heavy atom. The summed E-state index contributed by atoms with van der Waals surface area (Å²) in [6.07, 6.45) is 1.74. The number of nitrogens with one attached hydrogen (secondary N) is 1. The number of anilines is 1. The first kappa shape index (κ1) is 23.5. The molecule has 1 heterocycles. The van der Waals surface area contributed by atoms with E-state index >= 15 is 0 Å². The van der Waals surface area contributed by atoms with Crippen molar-refractivity contribution >= 4 is 11.6 Å². The van der Waals surface area contributed by atoms with Crippen molar-refractivity contribution in [2.75, 3.05) is 58.7 Å². The van der Waals surface area contributed by atoms with Crippen molar-refractivity contribution in [2.24, 2.45) is 0 Å². The van der Waals surface area contributed by atoms with Crippen molar-refractivity contribution in [3.05, 3.63) is 65.2 Å². The predicted octanol–water partition coefficient (Wildman–Crippen LogP) is 3.42. The number of para-hydroxylation sites is 1. The van der Waals surface area contributed by atoms with Gasteiger partial charge in [-0.3, -0.25) is 14.6 Å². The lowest BCUT2D eigenvalue weighted by Crippen LogP contribution is -2.54. The van der Waals surface area contributed by atoms with E-state index in [1.807, 2.05) is 12.1 Å². The predicted molar refractivity (Wildman–Crippen MR) is 130 cm³/mol. The van der Waals surface area contributed by atoms with Crippen molar-refractivity contribution < 1.29 is 4.79 Å². The summed E-state index contributed by atoms with van der Waals surface area (Å²) >= 11 is 0. The highest BCUT2D eigenvalue weighted by molar-refractivity contribution is 5.96. The number of nitrogens with zero attached hydrogens (tertiary/aromatic N) is 3. The van der Waals surface area contributed by atoms with Crippen LogP contribution in [0.25, 0.3) is 0 Å². The van der Waals surface area contributed by atoms with Crippen LogP contribution in [0.5, 0.6) is 0 Å². The molecule has 5 nitrogen and oxygen atoms in total. The lowest BCUT2D eigenvalue weighted by molar-refractivity contribution is -0.122. The zero-order valence-electron chi connectivity index (χ0n) is 19.6. The zero-order chi connectivity index (χ0) is 22.2. The van der Waals surface area contributed by atoms with Gasteiger partial charge >= 0.3 is 0 Å². The minimum absolute atomic E-state index is 0.116. The minimum Gasteiger partial charge on any atom is -0.324 e. The highest BCUT2D eigenvalue weighted by Crippen LogP contribution is 2.22. The molecule has 1 saturated heterocycles. The van der Waals surface area contributed by atoms with Gasteiger partial charge in [0.25, 0.3) is 0 Å². The fraction of sp³-hybridized carbons (Fsp3) is 0.500. The number of carbonyl (C=O) groups excluding carboxylic acids is 1. The second-order valence-electron chi connectivity index (χ2n) is 8.98. The summed E-state index contributed by atoms with van der Waals surface area (Å²) in [6, 6.07) is 16.5. The quantitative estimate of drug-likeness (QED) is 0.672. The summed E-state index contributed by atoms with van der Waals surface area (Å²) in [5.41, 5.74) is 4.48. The summed E-state index contributed by atoms with van der Waals surface area (Å²) in [7, 11) is 4.24. The fourth-order valence-corrected chi connectivity index (χ4v) is 4.29. The highest BCUT2D eigenvalue weighted by Gasteiger charge is 2.29. The van der Waals surface area contributed by atoms with Crippen LogP contribution < -0.4 is 5.32 Å². The molecule has 3 rings (SSSR count). The van der Waals surface area contributed by atoms with E-state index in [0.717, 1.165) is 68.9 Å². The first-order valence-corrected chi connectivity index (χ1v) is 11.5. The van der Waals surface area contributed by atoms with Crippen LogP contribution in [-0.4, -0.2) is 80.0 Å². The van der Waals surface area contributed by atoms with Crippen molar-refractivity contribution in [3.63, 3.8) is 0 Å². The minimum atomic E-state index is -0.116. The van der Waals surface area contributed by atoms with Crippen molar-refractivity contribution in [2.45, 2.75) is 32.7 Å². The van der Waals surface area contributed by atoms with Gasteiger partial charge in [-0.15, -0.1) is 0 Å². The maximum Gasteiger partial charge on any atom is 0.241 e. The lowest BCUT2D eigenvalue weighted by Gasteiger charge is -2.39. The van der Waals surface area contributed by atoms with Crippen LogP contribution in [0.1, 0.15) is 23.1 Å². The zero-order valence-corrected chi connectivity index (χ0v) is 19.6. The number of likely N-dealkylation sites (N-methyl/N-ethyl adjacent to an activating group) is 1.